The molecule has 0 N–H and O–H groups in total. The topological polar surface area (TPSA) is 54.8 Å². The van der Waals surface area contributed by atoms with Gasteiger partial charge in [0.05, 0.1) is 11.4 Å². The molecule has 1 aliphatic heterocycles. The Bertz CT molecular complexity index is 1190. The molecule has 7 heteroatoms. The quantitative estimate of drug-likeness (QED) is 0.335. The molecule has 1 aromatic carbocycles. The van der Waals surface area contributed by atoms with Crippen molar-refractivity contribution in [2.24, 2.45) is 0 Å². The van der Waals surface area contributed by atoms with E-state index in [1.807, 2.05) is 30.6 Å². The highest BCUT2D eigenvalue weighted by molar-refractivity contribution is 9.11. The molecule has 4 aromatic rings. The predicted octanol–water partition coefficient (Wildman–Crippen LogP) is 5.68. The molecule has 0 spiro atoms. The lowest BCUT2D eigenvalue weighted by molar-refractivity contribution is 0.242. The molecule has 31 heavy (non-hydrogen) atoms. The Morgan fingerprint density at radius 3 is 2.52 bits per heavy atom. The van der Waals surface area contributed by atoms with E-state index in [0.717, 1.165) is 63.3 Å². The van der Waals surface area contributed by atoms with Gasteiger partial charge in [0.1, 0.15) is 0 Å². The van der Waals surface area contributed by atoms with Gasteiger partial charge in [-0.3, -0.25) is 14.9 Å². The third-order valence-corrected chi connectivity index (χ3v) is 6.24. The van der Waals surface area contributed by atoms with Gasteiger partial charge in [0.25, 0.3) is 0 Å². The smallest absolute Gasteiger partial charge is 0.160 e. The van der Waals surface area contributed by atoms with E-state index in [4.69, 9.17) is 4.98 Å². The van der Waals surface area contributed by atoms with Crippen LogP contribution in [-0.2, 0) is 19.5 Å². The summed E-state index contributed by atoms with van der Waals surface area (Å²) >= 11 is 7.09. The first-order chi connectivity index (χ1) is 15.1. The Morgan fingerprint density at radius 2 is 1.77 bits per heavy atom. The first-order valence-electron chi connectivity index (χ1n) is 10.0. The van der Waals surface area contributed by atoms with Crippen LogP contribution in [0, 0.1) is 0 Å². The molecule has 5 nitrogen and oxygen atoms in total. The van der Waals surface area contributed by atoms with Crippen molar-refractivity contribution in [1.29, 1.82) is 0 Å². The maximum atomic E-state index is 4.79. The van der Waals surface area contributed by atoms with Crippen molar-refractivity contribution in [3.8, 4) is 22.6 Å². The van der Waals surface area contributed by atoms with E-state index >= 15 is 0 Å². The van der Waals surface area contributed by atoms with Crippen molar-refractivity contribution < 1.29 is 0 Å². The van der Waals surface area contributed by atoms with Crippen molar-refractivity contribution >= 4 is 31.9 Å². The molecule has 0 bridgehead atoms. The molecule has 0 unspecified atom stereocenters. The van der Waals surface area contributed by atoms with Crippen LogP contribution in [0.1, 0.15) is 16.8 Å². The Balaban J connectivity index is 1.28. The molecule has 0 amide bonds. The molecule has 0 aliphatic carbocycles. The Kier molecular flexibility index (Phi) is 5.89. The fourth-order valence-corrected chi connectivity index (χ4v) is 5.09. The van der Waals surface area contributed by atoms with Crippen molar-refractivity contribution in [2.45, 2.75) is 19.5 Å². The van der Waals surface area contributed by atoms with Crippen LogP contribution in [0.2, 0.25) is 0 Å². The summed E-state index contributed by atoms with van der Waals surface area (Å²) in [4.78, 5) is 20.6. The van der Waals surface area contributed by atoms with Crippen molar-refractivity contribution in [3.63, 3.8) is 0 Å². The molecule has 3 aromatic heterocycles. The van der Waals surface area contributed by atoms with E-state index in [1.165, 1.54) is 11.1 Å². The number of halogens is 2. The summed E-state index contributed by atoms with van der Waals surface area (Å²) in [5, 5.41) is 0. The van der Waals surface area contributed by atoms with E-state index in [-0.39, 0.29) is 0 Å². The highest BCUT2D eigenvalue weighted by Crippen LogP contribution is 2.27. The van der Waals surface area contributed by atoms with Crippen molar-refractivity contribution in [3.05, 3.63) is 93.0 Å². The lowest BCUT2D eigenvalue weighted by Crippen LogP contribution is -2.31. The third kappa shape index (κ3) is 4.74. The standard InChI is InChI=1S/C24H19Br2N5/c25-20-8-18(9-21(26)10-20)22-4-3-16(11-28-22)14-31-7-5-23-19(15-31)13-29-24(30-23)17-2-1-6-27-12-17/h1-4,6,8-13H,5,7,14-15H2. The molecule has 0 radical (unpaired) electrons. The number of benzene rings is 1. The number of aromatic nitrogens is 4. The number of hydrogen-bond acceptors (Lipinski definition) is 5. The summed E-state index contributed by atoms with van der Waals surface area (Å²) in [5.74, 6) is 0.749. The minimum absolute atomic E-state index is 0.749. The Morgan fingerprint density at radius 1 is 0.903 bits per heavy atom. The van der Waals surface area contributed by atoms with E-state index in [1.54, 1.807) is 12.4 Å². The summed E-state index contributed by atoms with van der Waals surface area (Å²) in [7, 11) is 0. The minimum atomic E-state index is 0.749. The zero-order valence-corrected chi connectivity index (χ0v) is 19.8. The van der Waals surface area contributed by atoms with Gasteiger partial charge in [-0.1, -0.05) is 37.9 Å². The second kappa shape index (κ2) is 8.94. The van der Waals surface area contributed by atoms with Crippen LogP contribution in [0.4, 0.5) is 0 Å². The van der Waals surface area contributed by atoms with Gasteiger partial charge in [-0.25, -0.2) is 9.97 Å². The van der Waals surface area contributed by atoms with E-state index < -0.39 is 0 Å². The maximum absolute atomic E-state index is 4.79. The molecular formula is C24H19Br2N5. The van der Waals surface area contributed by atoms with Gasteiger partial charge in [-0.05, 0) is 42.0 Å². The minimum Gasteiger partial charge on any atom is -0.294 e. The number of nitrogens with zero attached hydrogens (tertiary/aromatic N) is 5. The molecule has 0 atom stereocenters. The second-order valence-electron chi connectivity index (χ2n) is 7.58. The average Bonchev–Trinajstić information content (AvgIpc) is 2.79. The van der Waals surface area contributed by atoms with Crippen LogP contribution in [0.25, 0.3) is 22.6 Å². The highest BCUT2D eigenvalue weighted by Gasteiger charge is 2.19. The number of rotatable bonds is 4. The zero-order chi connectivity index (χ0) is 21.2. The Labute approximate surface area is 197 Å². The van der Waals surface area contributed by atoms with Gasteiger partial charge in [0.15, 0.2) is 5.82 Å². The van der Waals surface area contributed by atoms with Crippen LogP contribution in [0.3, 0.4) is 0 Å². The monoisotopic (exact) mass is 535 g/mol. The van der Waals surface area contributed by atoms with Crippen LogP contribution >= 0.6 is 31.9 Å². The predicted molar refractivity (Wildman–Crippen MR) is 128 cm³/mol. The maximum Gasteiger partial charge on any atom is 0.160 e. The number of hydrogen-bond donors (Lipinski definition) is 0. The van der Waals surface area contributed by atoms with Crippen LogP contribution in [0.5, 0.6) is 0 Å². The first kappa shape index (κ1) is 20.4. The van der Waals surface area contributed by atoms with E-state index in [0.29, 0.717) is 0 Å². The molecule has 1 aliphatic rings. The molecule has 5 rings (SSSR count). The molecular weight excluding hydrogens is 518 g/mol. The zero-order valence-electron chi connectivity index (χ0n) is 16.7. The van der Waals surface area contributed by atoms with Crippen LogP contribution < -0.4 is 0 Å². The largest absolute Gasteiger partial charge is 0.294 e. The summed E-state index contributed by atoms with van der Waals surface area (Å²) in [6.07, 6.45) is 8.42. The van der Waals surface area contributed by atoms with Gasteiger partial charge in [-0.15, -0.1) is 0 Å². The molecule has 0 fully saturated rings. The third-order valence-electron chi connectivity index (χ3n) is 5.32. The molecule has 0 saturated heterocycles. The molecule has 0 saturated carbocycles. The van der Waals surface area contributed by atoms with Crippen LogP contribution in [-0.4, -0.2) is 31.4 Å². The molecule has 154 valence electrons. The number of fused-ring (bicyclic) bond motifs is 1. The summed E-state index contributed by atoms with van der Waals surface area (Å²) in [6.45, 7) is 2.68. The van der Waals surface area contributed by atoms with E-state index in [2.05, 4.69) is 76.0 Å². The normalized spacial score (nSPS) is 13.7. The fourth-order valence-electron chi connectivity index (χ4n) is 3.79. The lowest BCUT2D eigenvalue weighted by Gasteiger charge is -2.28. The van der Waals surface area contributed by atoms with Crippen molar-refractivity contribution in [2.75, 3.05) is 6.54 Å². The Hall–Kier alpha value is -2.48. The lowest BCUT2D eigenvalue weighted by atomic mass is 10.1. The summed E-state index contributed by atoms with van der Waals surface area (Å²) in [5.41, 5.74) is 6.54. The highest BCUT2D eigenvalue weighted by atomic mass is 79.9. The average molecular weight is 537 g/mol. The van der Waals surface area contributed by atoms with Gasteiger partial charge < -0.3 is 0 Å². The van der Waals surface area contributed by atoms with Gasteiger partial charge in [0, 0.05) is 76.5 Å². The van der Waals surface area contributed by atoms with Gasteiger partial charge in [0.2, 0.25) is 0 Å². The van der Waals surface area contributed by atoms with E-state index in [9.17, 15) is 0 Å². The number of pyridine rings is 2. The SMILES string of the molecule is Brc1cc(Br)cc(-c2ccc(CN3CCc4nc(-c5cccnc5)ncc4C3)cn2)c1. The summed E-state index contributed by atoms with van der Waals surface area (Å²) < 4.78 is 2.06. The molecule has 4 heterocycles. The van der Waals surface area contributed by atoms with Crippen molar-refractivity contribution in [1.82, 2.24) is 24.8 Å². The van der Waals surface area contributed by atoms with Crippen LogP contribution in [0.15, 0.2) is 76.2 Å². The van der Waals surface area contributed by atoms with Gasteiger partial charge >= 0.3 is 0 Å². The fraction of sp³-hybridized carbons (Fsp3) is 0.167. The first-order valence-corrected chi connectivity index (χ1v) is 11.6. The summed E-state index contributed by atoms with van der Waals surface area (Å²) in [6, 6.07) is 14.3. The van der Waals surface area contributed by atoms with Gasteiger partial charge in [-0.2, -0.15) is 0 Å². The second-order valence-corrected chi connectivity index (χ2v) is 9.41.